The SMILES string of the molecule is CCNC(CSCC(=O)OC)c1ccc(C)c(C)c1. The summed E-state index contributed by atoms with van der Waals surface area (Å²) in [5.41, 5.74) is 3.89. The van der Waals surface area contributed by atoms with Gasteiger partial charge in [0.15, 0.2) is 0 Å². The van der Waals surface area contributed by atoms with Crippen molar-refractivity contribution in [3.05, 3.63) is 34.9 Å². The number of carbonyl (C=O) groups excluding carboxylic acids is 1. The summed E-state index contributed by atoms with van der Waals surface area (Å²) in [7, 11) is 1.42. The predicted molar refractivity (Wildman–Crippen MR) is 81.7 cm³/mol. The van der Waals surface area contributed by atoms with E-state index in [4.69, 9.17) is 0 Å². The molecule has 1 aromatic carbocycles. The Morgan fingerprint density at radius 1 is 1.37 bits per heavy atom. The molecular formula is C15H23NO2S. The van der Waals surface area contributed by atoms with Gasteiger partial charge in [0.25, 0.3) is 0 Å². The second-order valence-electron chi connectivity index (χ2n) is 4.55. The average Bonchev–Trinajstić information content (AvgIpc) is 2.40. The van der Waals surface area contributed by atoms with Gasteiger partial charge < -0.3 is 10.1 Å². The Morgan fingerprint density at radius 2 is 2.11 bits per heavy atom. The summed E-state index contributed by atoms with van der Waals surface area (Å²) in [6, 6.07) is 6.81. The number of methoxy groups -OCH3 is 1. The lowest BCUT2D eigenvalue weighted by molar-refractivity contribution is -0.137. The van der Waals surface area contributed by atoms with Crippen LogP contribution in [0, 0.1) is 13.8 Å². The van der Waals surface area contributed by atoms with E-state index in [1.165, 1.54) is 23.8 Å². The average molecular weight is 281 g/mol. The van der Waals surface area contributed by atoms with Gasteiger partial charge in [0, 0.05) is 11.8 Å². The van der Waals surface area contributed by atoms with Gasteiger partial charge in [-0.15, -0.1) is 11.8 Å². The molecule has 1 unspecified atom stereocenters. The fraction of sp³-hybridized carbons (Fsp3) is 0.533. The van der Waals surface area contributed by atoms with Crippen molar-refractivity contribution in [2.45, 2.75) is 26.8 Å². The first-order valence-electron chi connectivity index (χ1n) is 6.53. The van der Waals surface area contributed by atoms with E-state index in [1.807, 2.05) is 0 Å². The molecule has 3 nitrogen and oxygen atoms in total. The van der Waals surface area contributed by atoms with Crippen LogP contribution in [0.5, 0.6) is 0 Å². The summed E-state index contributed by atoms with van der Waals surface area (Å²) in [6.07, 6.45) is 0. The van der Waals surface area contributed by atoms with E-state index in [0.717, 1.165) is 12.3 Å². The van der Waals surface area contributed by atoms with Gasteiger partial charge in [0.05, 0.1) is 12.9 Å². The van der Waals surface area contributed by atoms with Gasteiger partial charge in [0.2, 0.25) is 0 Å². The Balaban J connectivity index is 2.65. The third-order valence-corrected chi connectivity index (χ3v) is 4.12. The molecule has 0 spiro atoms. The van der Waals surface area contributed by atoms with Crippen molar-refractivity contribution in [3.8, 4) is 0 Å². The van der Waals surface area contributed by atoms with Gasteiger partial charge in [-0.2, -0.15) is 0 Å². The van der Waals surface area contributed by atoms with Crippen LogP contribution >= 0.6 is 11.8 Å². The molecule has 0 bridgehead atoms. The van der Waals surface area contributed by atoms with E-state index in [1.54, 1.807) is 11.8 Å². The second kappa shape index (κ2) is 8.23. The van der Waals surface area contributed by atoms with E-state index in [2.05, 4.69) is 49.0 Å². The highest BCUT2D eigenvalue weighted by Gasteiger charge is 2.12. The fourth-order valence-corrected chi connectivity index (χ4v) is 2.77. The largest absolute Gasteiger partial charge is 0.468 e. The number of hydrogen-bond acceptors (Lipinski definition) is 4. The van der Waals surface area contributed by atoms with Crippen molar-refractivity contribution in [3.63, 3.8) is 0 Å². The molecule has 0 aliphatic rings. The highest BCUT2D eigenvalue weighted by molar-refractivity contribution is 7.99. The number of ether oxygens (including phenoxy) is 1. The summed E-state index contributed by atoms with van der Waals surface area (Å²) in [5.74, 6) is 1.11. The van der Waals surface area contributed by atoms with Crippen LogP contribution in [0.4, 0.5) is 0 Å². The molecule has 0 aliphatic carbocycles. The molecule has 19 heavy (non-hydrogen) atoms. The number of rotatable bonds is 7. The third kappa shape index (κ3) is 5.25. The zero-order valence-electron chi connectivity index (χ0n) is 12.2. The lowest BCUT2D eigenvalue weighted by Gasteiger charge is -2.19. The zero-order chi connectivity index (χ0) is 14.3. The molecule has 0 heterocycles. The molecule has 1 N–H and O–H groups in total. The van der Waals surface area contributed by atoms with E-state index in [0.29, 0.717) is 5.75 Å². The Bertz CT molecular complexity index is 421. The minimum atomic E-state index is -0.166. The number of carbonyl (C=O) groups is 1. The number of nitrogens with one attached hydrogen (secondary N) is 1. The number of hydrogen-bond donors (Lipinski definition) is 1. The van der Waals surface area contributed by atoms with Gasteiger partial charge in [-0.05, 0) is 37.1 Å². The molecule has 0 fully saturated rings. The third-order valence-electron chi connectivity index (χ3n) is 3.12. The van der Waals surface area contributed by atoms with Gasteiger partial charge in [0.1, 0.15) is 0 Å². The van der Waals surface area contributed by atoms with E-state index < -0.39 is 0 Å². The molecule has 1 atom stereocenters. The highest BCUT2D eigenvalue weighted by atomic mass is 32.2. The zero-order valence-corrected chi connectivity index (χ0v) is 13.0. The Labute approximate surface area is 120 Å². The standard InChI is InChI=1S/C15H23NO2S/c1-5-16-14(9-19-10-15(17)18-4)13-7-6-11(2)12(3)8-13/h6-8,14,16H,5,9-10H2,1-4H3. The number of benzene rings is 1. The summed E-state index contributed by atoms with van der Waals surface area (Å²) in [5, 5.41) is 3.46. The lowest BCUT2D eigenvalue weighted by Crippen LogP contribution is -2.23. The molecule has 0 saturated heterocycles. The van der Waals surface area contributed by atoms with Crippen LogP contribution in [0.25, 0.3) is 0 Å². The van der Waals surface area contributed by atoms with Crippen LogP contribution in [-0.2, 0) is 9.53 Å². The maximum absolute atomic E-state index is 11.1. The monoisotopic (exact) mass is 281 g/mol. The van der Waals surface area contributed by atoms with Gasteiger partial charge in [-0.25, -0.2) is 0 Å². The normalized spacial score (nSPS) is 12.2. The van der Waals surface area contributed by atoms with Crippen molar-refractivity contribution in [1.29, 1.82) is 0 Å². The smallest absolute Gasteiger partial charge is 0.315 e. The van der Waals surface area contributed by atoms with Crippen molar-refractivity contribution in [2.75, 3.05) is 25.2 Å². The van der Waals surface area contributed by atoms with Crippen LogP contribution in [0.2, 0.25) is 0 Å². The molecule has 0 amide bonds. The van der Waals surface area contributed by atoms with E-state index in [-0.39, 0.29) is 12.0 Å². The molecule has 0 aliphatic heterocycles. The van der Waals surface area contributed by atoms with Crippen LogP contribution in [-0.4, -0.2) is 31.1 Å². The maximum atomic E-state index is 11.1. The fourth-order valence-electron chi connectivity index (χ4n) is 1.82. The summed E-state index contributed by atoms with van der Waals surface area (Å²) >= 11 is 1.60. The minimum Gasteiger partial charge on any atom is -0.468 e. The van der Waals surface area contributed by atoms with Crippen molar-refractivity contribution in [1.82, 2.24) is 5.32 Å². The van der Waals surface area contributed by atoms with Crippen molar-refractivity contribution < 1.29 is 9.53 Å². The van der Waals surface area contributed by atoms with Crippen LogP contribution < -0.4 is 5.32 Å². The van der Waals surface area contributed by atoms with Crippen LogP contribution in [0.15, 0.2) is 18.2 Å². The summed E-state index contributed by atoms with van der Waals surface area (Å²) in [6.45, 7) is 7.26. The Kier molecular flexibility index (Phi) is 6.95. The first-order chi connectivity index (χ1) is 9.08. The van der Waals surface area contributed by atoms with Crippen LogP contribution in [0.1, 0.15) is 29.7 Å². The molecule has 0 saturated carbocycles. The Hall–Kier alpha value is -1.00. The first kappa shape index (κ1) is 16.1. The summed E-state index contributed by atoms with van der Waals surface area (Å²) in [4.78, 5) is 11.1. The number of esters is 1. The first-order valence-corrected chi connectivity index (χ1v) is 7.69. The lowest BCUT2D eigenvalue weighted by atomic mass is 10.0. The van der Waals surface area contributed by atoms with Gasteiger partial charge >= 0.3 is 5.97 Å². The molecule has 0 aromatic heterocycles. The van der Waals surface area contributed by atoms with Crippen LogP contribution in [0.3, 0.4) is 0 Å². The molecule has 0 radical (unpaired) electrons. The predicted octanol–water partition coefficient (Wildman–Crippen LogP) is 2.86. The number of aryl methyl sites for hydroxylation is 2. The molecule has 1 aromatic rings. The molecule has 4 heteroatoms. The Morgan fingerprint density at radius 3 is 2.68 bits per heavy atom. The highest BCUT2D eigenvalue weighted by Crippen LogP contribution is 2.21. The molecule has 1 rings (SSSR count). The van der Waals surface area contributed by atoms with E-state index in [9.17, 15) is 4.79 Å². The topological polar surface area (TPSA) is 38.3 Å². The molecule has 106 valence electrons. The van der Waals surface area contributed by atoms with Gasteiger partial charge in [-0.3, -0.25) is 4.79 Å². The maximum Gasteiger partial charge on any atom is 0.315 e. The minimum absolute atomic E-state index is 0.166. The van der Waals surface area contributed by atoms with Crippen molar-refractivity contribution >= 4 is 17.7 Å². The quantitative estimate of drug-likeness (QED) is 0.780. The summed E-state index contributed by atoms with van der Waals surface area (Å²) < 4.78 is 4.65. The van der Waals surface area contributed by atoms with E-state index >= 15 is 0 Å². The van der Waals surface area contributed by atoms with Crippen molar-refractivity contribution in [2.24, 2.45) is 0 Å². The number of thioether (sulfide) groups is 1. The molecular weight excluding hydrogens is 258 g/mol. The second-order valence-corrected chi connectivity index (χ2v) is 5.58. The van der Waals surface area contributed by atoms with Gasteiger partial charge in [-0.1, -0.05) is 25.1 Å².